The van der Waals surface area contributed by atoms with Gasteiger partial charge < -0.3 is 19.4 Å². The second-order valence-electron chi connectivity index (χ2n) is 8.12. The third-order valence-electron chi connectivity index (χ3n) is 6.03. The van der Waals surface area contributed by atoms with Crippen LogP contribution in [0, 0.1) is 6.92 Å². The van der Waals surface area contributed by atoms with Crippen molar-refractivity contribution < 1.29 is 9.53 Å². The lowest BCUT2D eigenvalue weighted by Gasteiger charge is -2.25. The summed E-state index contributed by atoms with van der Waals surface area (Å²) >= 11 is 0. The third-order valence-corrected chi connectivity index (χ3v) is 6.03. The molecule has 0 radical (unpaired) electrons. The number of fused-ring (bicyclic) bond motifs is 3. The number of aromatic nitrogens is 2. The minimum absolute atomic E-state index is 0.0563. The predicted octanol–water partition coefficient (Wildman–Crippen LogP) is 3.19. The molecule has 2 saturated heterocycles. The number of hydrogen-bond acceptors (Lipinski definition) is 4. The van der Waals surface area contributed by atoms with Gasteiger partial charge in [0.25, 0.3) is 5.91 Å². The van der Waals surface area contributed by atoms with Crippen LogP contribution in [0.1, 0.15) is 40.9 Å². The summed E-state index contributed by atoms with van der Waals surface area (Å²) in [6.07, 6.45) is 7.36. The van der Waals surface area contributed by atoms with Crippen molar-refractivity contribution in [3.63, 3.8) is 0 Å². The molecule has 1 amide bonds. The van der Waals surface area contributed by atoms with Crippen LogP contribution in [0.5, 0.6) is 5.75 Å². The summed E-state index contributed by atoms with van der Waals surface area (Å²) in [5.74, 6) is 0.675. The van der Waals surface area contributed by atoms with E-state index in [2.05, 4.69) is 10.3 Å². The molecule has 0 saturated carbocycles. The molecule has 4 heterocycles. The number of hydrogen-bond donors (Lipinski definition) is 1. The molecule has 6 heteroatoms. The molecular formula is C23H26N4O2. The Morgan fingerprint density at radius 1 is 1.17 bits per heavy atom. The minimum Gasteiger partial charge on any atom is -0.486 e. The fraction of sp³-hybridized carbons (Fsp3) is 0.391. The summed E-state index contributed by atoms with van der Waals surface area (Å²) in [6, 6.07) is 12.6. The van der Waals surface area contributed by atoms with E-state index in [4.69, 9.17) is 4.74 Å². The number of aryl methyl sites for hydroxylation is 1. The maximum atomic E-state index is 13.2. The van der Waals surface area contributed by atoms with E-state index in [-0.39, 0.29) is 5.91 Å². The number of carbonyl (C=O) groups excluding carboxylic acids is 1. The Labute approximate surface area is 170 Å². The van der Waals surface area contributed by atoms with Crippen LogP contribution in [0.3, 0.4) is 0 Å². The molecule has 2 aromatic heterocycles. The van der Waals surface area contributed by atoms with E-state index in [1.54, 1.807) is 0 Å². The van der Waals surface area contributed by atoms with Crippen LogP contribution in [0.15, 0.2) is 48.8 Å². The first-order valence-electron chi connectivity index (χ1n) is 10.4. The Bertz CT molecular complexity index is 1040. The summed E-state index contributed by atoms with van der Waals surface area (Å²) in [5.41, 5.74) is 3.53. The van der Waals surface area contributed by atoms with Crippen molar-refractivity contribution in [2.45, 2.75) is 44.9 Å². The lowest BCUT2D eigenvalue weighted by Crippen LogP contribution is -2.39. The van der Waals surface area contributed by atoms with Crippen molar-refractivity contribution >= 4 is 11.6 Å². The molecule has 2 atom stereocenters. The summed E-state index contributed by atoms with van der Waals surface area (Å²) in [6.45, 7) is 3.95. The zero-order valence-corrected chi connectivity index (χ0v) is 16.7. The number of nitrogens with zero attached hydrogens (tertiary/aromatic N) is 3. The molecule has 2 aliphatic heterocycles. The number of carbonyl (C=O) groups is 1. The van der Waals surface area contributed by atoms with Gasteiger partial charge in [-0.25, -0.2) is 4.98 Å². The van der Waals surface area contributed by atoms with Crippen LogP contribution in [-0.4, -0.2) is 45.4 Å². The Kier molecular flexibility index (Phi) is 4.72. The first kappa shape index (κ1) is 18.2. The molecule has 2 bridgehead atoms. The largest absolute Gasteiger partial charge is 0.486 e. The van der Waals surface area contributed by atoms with Crippen molar-refractivity contribution in [3.8, 4) is 5.75 Å². The highest BCUT2D eigenvalue weighted by Crippen LogP contribution is 2.25. The van der Waals surface area contributed by atoms with Crippen LogP contribution < -0.4 is 10.1 Å². The van der Waals surface area contributed by atoms with Gasteiger partial charge in [0.05, 0.1) is 11.3 Å². The van der Waals surface area contributed by atoms with Crippen molar-refractivity contribution in [2.24, 2.45) is 0 Å². The van der Waals surface area contributed by atoms with Crippen LogP contribution in [0.25, 0.3) is 5.65 Å². The highest BCUT2D eigenvalue weighted by molar-refractivity contribution is 5.97. The Hall–Kier alpha value is -2.86. The molecule has 2 fully saturated rings. The van der Waals surface area contributed by atoms with E-state index >= 15 is 0 Å². The van der Waals surface area contributed by atoms with E-state index in [0.717, 1.165) is 42.8 Å². The standard InChI is InChI=1S/C23H26N4O2/c1-16-5-4-11-26-14-19(25-22(16)26)15-29-21-7-3-2-6-20(21)23(28)27-12-10-17-8-9-18(13-27)24-17/h2-7,11,14,17-18,24H,8-10,12-13,15H2,1H3. The van der Waals surface area contributed by atoms with Gasteiger partial charge >= 0.3 is 0 Å². The first-order chi connectivity index (χ1) is 14.2. The maximum Gasteiger partial charge on any atom is 0.257 e. The fourth-order valence-electron chi connectivity index (χ4n) is 4.49. The average Bonchev–Trinajstić information content (AvgIpc) is 3.29. The van der Waals surface area contributed by atoms with Crippen molar-refractivity contribution in [1.29, 1.82) is 0 Å². The van der Waals surface area contributed by atoms with Gasteiger partial charge in [0.2, 0.25) is 0 Å². The molecule has 3 aromatic rings. The second-order valence-corrected chi connectivity index (χ2v) is 8.12. The van der Waals surface area contributed by atoms with Gasteiger partial charge in [-0.1, -0.05) is 18.2 Å². The van der Waals surface area contributed by atoms with Gasteiger partial charge in [-0.05, 0) is 49.9 Å². The van der Waals surface area contributed by atoms with Crippen molar-refractivity contribution in [2.75, 3.05) is 13.1 Å². The zero-order chi connectivity index (χ0) is 19.8. The maximum absolute atomic E-state index is 13.2. The first-order valence-corrected chi connectivity index (χ1v) is 10.4. The lowest BCUT2D eigenvalue weighted by atomic mass is 10.1. The summed E-state index contributed by atoms with van der Waals surface area (Å²) in [5, 5.41) is 3.63. The minimum atomic E-state index is 0.0563. The number of amides is 1. The van der Waals surface area contributed by atoms with E-state index in [1.165, 1.54) is 6.42 Å². The molecular weight excluding hydrogens is 364 g/mol. The summed E-state index contributed by atoms with van der Waals surface area (Å²) in [4.78, 5) is 19.9. The number of imidazole rings is 1. The van der Waals surface area contributed by atoms with Crippen molar-refractivity contribution in [3.05, 3.63) is 65.6 Å². The SMILES string of the molecule is Cc1cccn2cc(COc3ccccc3C(=O)N3CCC4CCC(C3)N4)nc12. The van der Waals surface area contributed by atoms with Crippen molar-refractivity contribution in [1.82, 2.24) is 19.6 Å². The Morgan fingerprint density at radius 3 is 2.93 bits per heavy atom. The molecule has 6 nitrogen and oxygen atoms in total. The number of ether oxygens (including phenoxy) is 1. The number of nitrogens with one attached hydrogen (secondary N) is 1. The van der Waals surface area contributed by atoms with Gasteiger partial charge in [0.15, 0.2) is 0 Å². The summed E-state index contributed by atoms with van der Waals surface area (Å²) < 4.78 is 8.06. The molecule has 2 aliphatic rings. The number of likely N-dealkylation sites (tertiary alicyclic amines) is 1. The quantitative estimate of drug-likeness (QED) is 0.743. The van der Waals surface area contributed by atoms with E-state index < -0.39 is 0 Å². The number of pyridine rings is 1. The van der Waals surface area contributed by atoms with Crippen LogP contribution in [-0.2, 0) is 6.61 Å². The lowest BCUT2D eigenvalue weighted by molar-refractivity contribution is 0.0743. The molecule has 29 heavy (non-hydrogen) atoms. The van der Waals surface area contributed by atoms with Gasteiger partial charge in [0, 0.05) is 37.6 Å². The van der Waals surface area contributed by atoms with E-state index in [0.29, 0.717) is 30.0 Å². The topological polar surface area (TPSA) is 58.9 Å². The predicted molar refractivity (Wildman–Crippen MR) is 111 cm³/mol. The monoisotopic (exact) mass is 390 g/mol. The van der Waals surface area contributed by atoms with Gasteiger partial charge in [0.1, 0.15) is 18.0 Å². The molecule has 0 aliphatic carbocycles. The third kappa shape index (κ3) is 3.60. The van der Waals surface area contributed by atoms with Crippen LogP contribution in [0.4, 0.5) is 0 Å². The van der Waals surface area contributed by atoms with Crippen LogP contribution >= 0.6 is 0 Å². The number of rotatable bonds is 4. The Balaban J connectivity index is 1.33. The second kappa shape index (κ2) is 7.52. The van der Waals surface area contributed by atoms with E-state index in [1.807, 2.05) is 65.0 Å². The molecule has 2 unspecified atom stereocenters. The normalized spacial score (nSPS) is 21.3. The highest BCUT2D eigenvalue weighted by atomic mass is 16.5. The molecule has 1 N–H and O–H groups in total. The van der Waals surface area contributed by atoms with Gasteiger partial charge in [-0.3, -0.25) is 4.79 Å². The molecule has 0 spiro atoms. The molecule has 1 aromatic carbocycles. The zero-order valence-electron chi connectivity index (χ0n) is 16.7. The number of benzene rings is 1. The van der Waals surface area contributed by atoms with Gasteiger partial charge in [-0.2, -0.15) is 0 Å². The summed E-state index contributed by atoms with van der Waals surface area (Å²) in [7, 11) is 0. The van der Waals surface area contributed by atoms with E-state index in [9.17, 15) is 4.79 Å². The number of para-hydroxylation sites is 1. The average molecular weight is 390 g/mol. The molecule has 5 rings (SSSR count). The van der Waals surface area contributed by atoms with Crippen LogP contribution in [0.2, 0.25) is 0 Å². The fourth-order valence-corrected chi connectivity index (χ4v) is 4.49. The smallest absolute Gasteiger partial charge is 0.257 e. The Morgan fingerprint density at radius 2 is 2.03 bits per heavy atom. The molecule has 150 valence electrons. The highest BCUT2D eigenvalue weighted by Gasteiger charge is 2.32. The van der Waals surface area contributed by atoms with Gasteiger partial charge in [-0.15, -0.1) is 0 Å².